The Hall–Kier alpha value is -2.07. The highest BCUT2D eigenvalue weighted by atomic mass is 16.3. The van der Waals surface area contributed by atoms with Gasteiger partial charge in [0, 0.05) is 23.9 Å². The van der Waals surface area contributed by atoms with Gasteiger partial charge in [0.2, 0.25) is 0 Å². The standard InChI is InChI=1S/C21H28N2O2/c1-15(2)13-22-19(24)23(21(5,25)14-20(22,3)4)18-12-8-10-16-9-6-7-11-17(16)18/h6-12,15,25H,13-14H2,1-5H3/t21-/m1/s1. The summed E-state index contributed by atoms with van der Waals surface area (Å²) in [6.45, 7) is 10.7. The number of rotatable bonds is 3. The molecule has 1 saturated heterocycles. The van der Waals surface area contributed by atoms with Crippen molar-refractivity contribution in [1.29, 1.82) is 0 Å². The van der Waals surface area contributed by atoms with Gasteiger partial charge in [0.15, 0.2) is 0 Å². The fraction of sp³-hybridized carbons (Fsp3) is 0.476. The van der Waals surface area contributed by atoms with E-state index < -0.39 is 11.3 Å². The summed E-state index contributed by atoms with van der Waals surface area (Å²) in [6, 6.07) is 13.7. The molecule has 2 aromatic carbocycles. The predicted molar refractivity (Wildman–Crippen MR) is 103 cm³/mol. The van der Waals surface area contributed by atoms with Gasteiger partial charge in [-0.2, -0.15) is 0 Å². The molecule has 25 heavy (non-hydrogen) atoms. The van der Waals surface area contributed by atoms with E-state index in [9.17, 15) is 9.90 Å². The van der Waals surface area contributed by atoms with Crippen molar-refractivity contribution in [3.05, 3.63) is 42.5 Å². The molecular weight excluding hydrogens is 312 g/mol. The van der Waals surface area contributed by atoms with Crippen LogP contribution in [0.1, 0.15) is 41.0 Å². The maximum Gasteiger partial charge on any atom is 0.327 e. The molecule has 0 spiro atoms. The number of urea groups is 1. The molecule has 1 aliphatic heterocycles. The van der Waals surface area contributed by atoms with E-state index in [2.05, 4.69) is 13.8 Å². The molecule has 2 amide bonds. The van der Waals surface area contributed by atoms with Crippen LogP contribution in [0.15, 0.2) is 42.5 Å². The van der Waals surface area contributed by atoms with Crippen molar-refractivity contribution in [1.82, 2.24) is 4.90 Å². The van der Waals surface area contributed by atoms with E-state index in [1.54, 1.807) is 11.8 Å². The Balaban J connectivity index is 2.14. The third kappa shape index (κ3) is 3.11. The average molecular weight is 340 g/mol. The van der Waals surface area contributed by atoms with Gasteiger partial charge in [0.25, 0.3) is 0 Å². The van der Waals surface area contributed by atoms with E-state index in [1.165, 1.54) is 0 Å². The van der Waals surface area contributed by atoms with E-state index >= 15 is 0 Å². The van der Waals surface area contributed by atoms with Crippen molar-refractivity contribution in [3.63, 3.8) is 0 Å². The molecule has 1 heterocycles. The van der Waals surface area contributed by atoms with Crippen LogP contribution in [-0.4, -0.2) is 33.8 Å². The van der Waals surface area contributed by atoms with Gasteiger partial charge in [-0.1, -0.05) is 50.2 Å². The Labute approximate surface area is 150 Å². The summed E-state index contributed by atoms with van der Waals surface area (Å²) in [5.74, 6) is 0.362. The first-order chi connectivity index (χ1) is 11.6. The van der Waals surface area contributed by atoms with Crippen LogP contribution in [0, 0.1) is 5.92 Å². The van der Waals surface area contributed by atoms with Crippen molar-refractivity contribution in [2.75, 3.05) is 11.4 Å². The molecular formula is C21H28N2O2. The molecule has 3 rings (SSSR count). The van der Waals surface area contributed by atoms with Crippen LogP contribution >= 0.6 is 0 Å². The third-order valence-corrected chi connectivity index (χ3v) is 4.96. The van der Waals surface area contributed by atoms with Gasteiger partial charge in [-0.3, -0.25) is 4.90 Å². The number of amides is 2. The Kier molecular flexibility index (Phi) is 4.28. The number of anilines is 1. The number of carbonyl (C=O) groups excluding carboxylic acids is 1. The van der Waals surface area contributed by atoms with Crippen LogP contribution < -0.4 is 4.90 Å². The van der Waals surface area contributed by atoms with Crippen LogP contribution in [0.3, 0.4) is 0 Å². The van der Waals surface area contributed by atoms with Crippen LogP contribution in [-0.2, 0) is 0 Å². The Morgan fingerprint density at radius 1 is 1.08 bits per heavy atom. The lowest BCUT2D eigenvalue weighted by molar-refractivity contribution is -0.0278. The van der Waals surface area contributed by atoms with Crippen molar-refractivity contribution in [3.8, 4) is 0 Å². The van der Waals surface area contributed by atoms with Gasteiger partial charge in [-0.05, 0) is 38.1 Å². The number of nitrogens with zero attached hydrogens (tertiary/aromatic N) is 2. The van der Waals surface area contributed by atoms with E-state index in [1.807, 2.05) is 61.2 Å². The molecule has 1 N–H and O–H groups in total. The van der Waals surface area contributed by atoms with Crippen molar-refractivity contribution in [2.45, 2.75) is 52.3 Å². The molecule has 0 aromatic heterocycles. The van der Waals surface area contributed by atoms with E-state index in [-0.39, 0.29) is 6.03 Å². The van der Waals surface area contributed by atoms with E-state index in [4.69, 9.17) is 0 Å². The average Bonchev–Trinajstić information content (AvgIpc) is 2.50. The zero-order valence-electron chi connectivity index (χ0n) is 15.8. The van der Waals surface area contributed by atoms with Crippen LogP contribution in [0.4, 0.5) is 10.5 Å². The minimum atomic E-state index is -1.24. The first kappa shape index (κ1) is 17.7. The van der Waals surface area contributed by atoms with E-state index in [0.29, 0.717) is 18.9 Å². The number of hydrogen-bond donors (Lipinski definition) is 1. The van der Waals surface area contributed by atoms with Gasteiger partial charge in [0.1, 0.15) is 5.72 Å². The molecule has 1 atom stereocenters. The SMILES string of the molecule is CC(C)CN1C(=O)N(c2cccc3ccccc23)[C@](C)(O)CC1(C)C. The molecule has 0 saturated carbocycles. The van der Waals surface area contributed by atoms with Gasteiger partial charge in [-0.15, -0.1) is 0 Å². The predicted octanol–water partition coefficient (Wildman–Crippen LogP) is 4.62. The second-order valence-corrected chi connectivity index (χ2v) is 8.33. The van der Waals surface area contributed by atoms with Crippen molar-refractivity contribution >= 4 is 22.5 Å². The quantitative estimate of drug-likeness (QED) is 0.886. The second kappa shape index (κ2) is 6.03. The first-order valence-electron chi connectivity index (χ1n) is 8.95. The highest BCUT2D eigenvalue weighted by Gasteiger charge is 2.50. The molecule has 134 valence electrons. The van der Waals surface area contributed by atoms with Gasteiger partial charge in [-0.25, -0.2) is 4.79 Å². The lowest BCUT2D eigenvalue weighted by atomic mass is 9.86. The summed E-state index contributed by atoms with van der Waals surface area (Å²) in [4.78, 5) is 16.9. The zero-order valence-corrected chi connectivity index (χ0v) is 15.8. The Morgan fingerprint density at radius 3 is 2.40 bits per heavy atom. The normalized spacial score (nSPS) is 23.6. The molecule has 2 aromatic rings. The number of benzene rings is 2. The summed E-state index contributed by atoms with van der Waals surface area (Å²) in [6.07, 6.45) is 0.488. The highest BCUT2D eigenvalue weighted by Crippen LogP contribution is 2.41. The summed E-state index contributed by atoms with van der Waals surface area (Å²) >= 11 is 0. The molecule has 4 heteroatoms. The number of fused-ring (bicyclic) bond motifs is 1. The molecule has 0 unspecified atom stereocenters. The fourth-order valence-electron chi connectivity index (χ4n) is 4.04. The van der Waals surface area contributed by atoms with Gasteiger partial charge < -0.3 is 10.0 Å². The number of aliphatic hydroxyl groups is 1. The lowest BCUT2D eigenvalue weighted by Gasteiger charge is -2.54. The van der Waals surface area contributed by atoms with Gasteiger partial charge >= 0.3 is 6.03 Å². The first-order valence-corrected chi connectivity index (χ1v) is 8.95. The summed E-state index contributed by atoms with van der Waals surface area (Å²) in [7, 11) is 0. The summed E-state index contributed by atoms with van der Waals surface area (Å²) in [5.41, 5.74) is -0.873. The van der Waals surface area contributed by atoms with Crippen molar-refractivity contribution < 1.29 is 9.90 Å². The second-order valence-electron chi connectivity index (χ2n) is 8.33. The van der Waals surface area contributed by atoms with Crippen LogP contribution in [0.2, 0.25) is 0 Å². The largest absolute Gasteiger partial charge is 0.371 e. The minimum Gasteiger partial charge on any atom is -0.371 e. The Morgan fingerprint density at radius 2 is 1.72 bits per heavy atom. The zero-order chi connectivity index (χ0) is 18.4. The van der Waals surface area contributed by atoms with Gasteiger partial charge in [0.05, 0.1) is 5.69 Å². The summed E-state index contributed by atoms with van der Waals surface area (Å²) in [5, 5.41) is 13.2. The van der Waals surface area contributed by atoms with E-state index in [0.717, 1.165) is 16.5 Å². The number of carbonyl (C=O) groups is 1. The highest BCUT2D eigenvalue weighted by molar-refractivity contribution is 6.04. The molecule has 1 fully saturated rings. The minimum absolute atomic E-state index is 0.133. The Bertz CT molecular complexity index is 790. The topological polar surface area (TPSA) is 43.8 Å². The maximum atomic E-state index is 13.4. The maximum absolute atomic E-state index is 13.4. The molecule has 4 nitrogen and oxygen atoms in total. The molecule has 0 bridgehead atoms. The molecule has 0 aliphatic carbocycles. The summed E-state index contributed by atoms with van der Waals surface area (Å²) < 4.78 is 0. The molecule has 0 radical (unpaired) electrons. The monoisotopic (exact) mass is 340 g/mol. The lowest BCUT2D eigenvalue weighted by Crippen LogP contribution is -2.68. The smallest absolute Gasteiger partial charge is 0.327 e. The number of hydrogen-bond acceptors (Lipinski definition) is 2. The fourth-order valence-corrected chi connectivity index (χ4v) is 4.04. The van der Waals surface area contributed by atoms with Crippen LogP contribution in [0.25, 0.3) is 10.8 Å². The third-order valence-electron chi connectivity index (χ3n) is 4.96. The molecule has 1 aliphatic rings. The van der Waals surface area contributed by atoms with Crippen molar-refractivity contribution in [2.24, 2.45) is 5.92 Å². The van der Waals surface area contributed by atoms with Crippen LogP contribution in [0.5, 0.6) is 0 Å².